The normalized spacial score (nSPS) is 12.2. The van der Waals surface area contributed by atoms with E-state index >= 15 is 0 Å². The third-order valence-electron chi connectivity index (χ3n) is 3.43. The van der Waals surface area contributed by atoms with Crippen molar-refractivity contribution >= 4 is 34.0 Å². The number of hydrogen-bond donors (Lipinski definition) is 0. The highest BCUT2D eigenvalue weighted by atomic mass is 35.5. The molecule has 2 heterocycles. The molecule has 24 heavy (non-hydrogen) atoms. The molecular weight excluding hydrogens is 349 g/mol. The van der Waals surface area contributed by atoms with Crippen molar-refractivity contribution in [2.75, 3.05) is 0 Å². The maximum atomic E-state index is 13.0. The van der Waals surface area contributed by atoms with Crippen LogP contribution in [0.25, 0.3) is 22.4 Å². The van der Waals surface area contributed by atoms with Crippen LogP contribution < -0.4 is 10.1 Å². The minimum Gasteiger partial charge on any atom is -0.266 e. The van der Waals surface area contributed by atoms with Gasteiger partial charge in [-0.25, -0.2) is 4.39 Å². The first kappa shape index (κ1) is 15.0. The van der Waals surface area contributed by atoms with Gasteiger partial charge < -0.3 is 0 Å². The molecule has 0 fully saturated rings. The van der Waals surface area contributed by atoms with Crippen molar-refractivity contribution < 1.29 is 4.39 Å². The summed E-state index contributed by atoms with van der Waals surface area (Å²) in [5.41, 5.74) is 1.26. The molecule has 2 aromatic carbocycles. The molecule has 2 aromatic heterocycles. The number of aromatic nitrogens is 3. The Kier molecular flexibility index (Phi) is 3.63. The molecule has 118 valence electrons. The summed E-state index contributed by atoms with van der Waals surface area (Å²) in [6.07, 6.45) is 1.76. The molecule has 0 spiro atoms. The van der Waals surface area contributed by atoms with E-state index in [0.717, 1.165) is 5.56 Å². The number of rotatable bonds is 2. The van der Waals surface area contributed by atoms with Gasteiger partial charge in [-0.15, -0.1) is 5.10 Å². The lowest BCUT2D eigenvalue weighted by Gasteiger charge is -1.93. The van der Waals surface area contributed by atoms with E-state index in [-0.39, 0.29) is 11.4 Å². The summed E-state index contributed by atoms with van der Waals surface area (Å²) < 4.78 is 14.8. The topological polar surface area (TPSA) is 47.3 Å². The zero-order chi connectivity index (χ0) is 16.7. The van der Waals surface area contributed by atoms with E-state index in [9.17, 15) is 9.18 Å². The SMILES string of the molecule is O=c1c(=Cc2cccc(Cl)c2)sc2nc(-c3ccc(F)cc3)nn12. The molecule has 4 rings (SSSR count). The Morgan fingerprint density at radius 2 is 1.96 bits per heavy atom. The average Bonchev–Trinajstić information content (AvgIpc) is 3.09. The van der Waals surface area contributed by atoms with Gasteiger partial charge in [0, 0.05) is 10.6 Å². The van der Waals surface area contributed by atoms with Crippen molar-refractivity contribution in [1.29, 1.82) is 0 Å². The van der Waals surface area contributed by atoms with Gasteiger partial charge in [0.25, 0.3) is 5.56 Å². The number of fused-ring (bicyclic) bond motifs is 1. The monoisotopic (exact) mass is 357 g/mol. The van der Waals surface area contributed by atoms with Crippen LogP contribution in [0.2, 0.25) is 5.02 Å². The van der Waals surface area contributed by atoms with Crippen LogP contribution in [0.15, 0.2) is 53.3 Å². The fraction of sp³-hybridized carbons (Fsp3) is 0. The second kappa shape index (κ2) is 5.81. The van der Waals surface area contributed by atoms with Crippen LogP contribution in [-0.2, 0) is 0 Å². The third kappa shape index (κ3) is 2.70. The van der Waals surface area contributed by atoms with Crippen molar-refractivity contribution in [1.82, 2.24) is 14.6 Å². The lowest BCUT2D eigenvalue weighted by atomic mass is 10.2. The molecule has 0 aliphatic carbocycles. The highest BCUT2D eigenvalue weighted by Gasteiger charge is 2.12. The van der Waals surface area contributed by atoms with Crippen molar-refractivity contribution in [3.63, 3.8) is 0 Å². The lowest BCUT2D eigenvalue weighted by molar-refractivity contribution is 0.628. The van der Waals surface area contributed by atoms with E-state index < -0.39 is 0 Å². The Morgan fingerprint density at radius 3 is 2.67 bits per heavy atom. The van der Waals surface area contributed by atoms with Gasteiger partial charge >= 0.3 is 0 Å². The van der Waals surface area contributed by atoms with Crippen molar-refractivity contribution in [2.24, 2.45) is 0 Å². The van der Waals surface area contributed by atoms with Crippen LogP contribution in [0.1, 0.15) is 5.56 Å². The molecule has 7 heteroatoms. The van der Waals surface area contributed by atoms with Gasteiger partial charge in [-0.1, -0.05) is 35.1 Å². The Hall–Kier alpha value is -2.57. The first-order valence-corrected chi connectivity index (χ1v) is 8.22. The van der Waals surface area contributed by atoms with E-state index in [0.29, 0.717) is 25.9 Å². The van der Waals surface area contributed by atoms with E-state index in [2.05, 4.69) is 10.1 Å². The number of benzene rings is 2. The zero-order valence-corrected chi connectivity index (χ0v) is 13.7. The van der Waals surface area contributed by atoms with Crippen LogP contribution in [-0.4, -0.2) is 14.6 Å². The van der Waals surface area contributed by atoms with E-state index in [1.54, 1.807) is 30.3 Å². The van der Waals surface area contributed by atoms with Crippen molar-refractivity contribution in [2.45, 2.75) is 0 Å². The van der Waals surface area contributed by atoms with Crippen LogP contribution in [0.4, 0.5) is 4.39 Å². The number of nitrogens with zero attached hydrogens (tertiary/aromatic N) is 3. The molecule has 0 amide bonds. The van der Waals surface area contributed by atoms with Gasteiger partial charge in [-0.3, -0.25) is 4.79 Å². The third-order valence-corrected chi connectivity index (χ3v) is 4.62. The summed E-state index contributed by atoms with van der Waals surface area (Å²) >= 11 is 7.20. The smallest absolute Gasteiger partial charge is 0.266 e. The molecule has 0 saturated carbocycles. The van der Waals surface area contributed by atoms with E-state index in [1.165, 1.54) is 28.0 Å². The van der Waals surface area contributed by atoms with Crippen molar-refractivity contribution in [3.8, 4) is 11.4 Å². The minimum absolute atomic E-state index is 0.240. The highest BCUT2D eigenvalue weighted by molar-refractivity contribution is 7.15. The first-order valence-electron chi connectivity index (χ1n) is 7.03. The molecule has 0 unspecified atom stereocenters. The summed E-state index contributed by atoms with van der Waals surface area (Å²) in [6.45, 7) is 0. The number of halogens is 2. The van der Waals surface area contributed by atoms with E-state index in [1.807, 2.05) is 12.1 Å². The van der Waals surface area contributed by atoms with Gasteiger partial charge in [0.1, 0.15) is 5.82 Å². The van der Waals surface area contributed by atoms with Crippen LogP contribution >= 0.6 is 22.9 Å². The van der Waals surface area contributed by atoms with Gasteiger partial charge in [-0.2, -0.15) is 9.50 Å². The number of hydrogen-bond acceptors (Lipinski definition) is 4. The second-order valence-electron chi connectivity index (χ2n) is 5.11. The van der Waals surface area contributed by atoms with Crippen molar-refractivity contribution in [3.05, 3.63) is 79.8 Å². The standard InChI is InChI=1S/C17H9ClFN3OS/c18-12-3-1-2-10(8-12)9-14-16(23)22-17(24-14)20-15(21-22)11-4-6-13(19)7-5-11/h1-9H. The quantitative estimate of drug-likeness (QED) is 0.553. The summed E-state index contributed by atoms with van der Waals surface area (Å²) in [4.78, 5) is 17.3. The fourth-order valence-electron chi connectivity index (χ4n) is 2.30. The predicted molar refractivity (Wildman–Crippen MR) is 92.8 cm³/mol. The molecule has 0 saturated heterocycles. The van der Waals surface area contributed by atoms with Gasteiger partial charge in [0.05, 0.1) is 4.53 Å². The Balaban J connectivity index is 1.81. The van der Waals surface area contributed by atoms with Gasteiger partial charge in [0.15, 0.2) is 5.82 Å². The largest absolute Gasteiger partial charge is 0.291 e. The molecule has 0 bridgehead atoms. The van der Waals surface area contributed by atoms with Gasteiger partial charge in [-0.05, 0) is 48.0 Å². The summed E-state index contributed by atoms with van der Waals surface area (Å²) in [7, 11) is 0. The molecule has 0 aliphatic rings. The van der Waals surface area contributed by atoms with Crippen LogP contribution in [0.3, 0.4) is 0 Å². The molecule has 0 N–H and O–H groups in total. The molecular formula is C17H9ClFN3OS. The Bertz CT molecular complexity index is 1150. The minimum atomic E-state index is -0.331. The maximum Gasteiger partial charge on any atom is 0.291 e. The molecule has 4 aromatic rings. The second-order valence-corrected chi connectivity index (χ2v) is 6.55. The summed E-state index contributed by atoms with van der Waals surface area (Å²) in [5, 5.41) is 4.83. The molecule has 0 aliphatic heterocycles. The Labute approximate surface area is 144 Å². The zero-order valence-electron chi connectivity index (χ0n) is 12.1. The first-order chi connectivity index (χ1) is 11.6. The van der Waals surface area contributed by atoms with Crippen LogP contribution in [0, 0.1) is 5.82 Å². The molecule has 0 radical (unpaired) electrons. The molecule has 0 atom stereocenters. The fourth-order valence-corrected chi connectivity index (χ4v) is 3.41. The lowest BCUT2D eigenvalue weighted by Crippen LogP contribution is -2.23. The molecule has 4 nitrogen and oxygen atoms in total. The van der Waals surface area contributed by atoms with E-state index in [4.69, 9.17) is 11.6 Å². The Morgan fingerprint density at radius 1 is 1.17 bits per heavy atom. The average molecular weight is 358 g/mol. The number of thiazole rings is 1. The van der Waals surface area contributed by atoms with Gasteiger partial charge in [0.2, 0.25) is 4.96 Å². The maximum absolute atomic E-state index is 13.0. The highest BCUT2D eigenvalue weighted by Crippen LogP contribution is 2.17. The summed E-state index contributed by atoms with van der Waals surface area (Å²) in [5.74, 6) is 0.0651. The van der Waals surface area contributed by atoms with Crippen LogP contribution in [0.5, 0.6) is 0 Å². The summed E-state index contributed by atoms with van der Waals surface area (Å²) in [6, 6.07) is 13.1. The predicted octanol–water partition coefficient (Wildman–Crippen LogP) is 3.16.